The Labute approximate surface area is 163 Å². The van der Waals surface area contributed by atoms with Gasteiger partial charge in [0.15, 0.2) is 5.69 Å². The van der Waals surface area contributed by atoms with Crippen LogP contribution in [-0.2, 0) is 13.0 Å². The largest absolute Gasteiger partial charge is 0.337 e. The molecule has 0 unspecified atom stereocenters. The Balaban J connectivity index is 1.38. The van der Waals surface area contributed by atoms with Crippen molar-refractivity contribution in [1.29, 1.82) is 0 Å². The summed E-state index contributed by atoms with van der Waals surface area (Å²) in [5, 5.41) is 8.96. The molecule has 0 spiro atoms. The summed E-state index contributed by atoms with van der Waals surface area (Å²) in [5.41, 5.74) is 2.76. The van der Waals surface area contributed by atoms with E-state index in [0.29, 0.717) is 25.3 Å². The first-order valence-corrected chi connectivity index (χ1v) is 9.56. The summed E-state index contributed by atoms with van der Waals surface area (Å²) in [6, 6.07) is 18.1. The standard InChI is InChI=1S/C21H21ClN4O/c22-19-9-5-4-8-18(19)17-11-12-25(14-17)21(27)20-15-26(24-23-20)13-10-16-6-2-1-3-7-16/h1-9,15,17H,10-14H2/t17-/m0/s1. The molecule has 27 heavy (non-hydrogen) atoms. The van der Waals surface area contributed by atoms with Gasteiger partial charge in [0.05, 0.1) is 6.20 Å². The molecule has 1 fully saturated rings. The van der Waals surface area contributed by atoms with Gasteiger partial charge >= 0.3 is 0 Å². The maximum Gasteiger partial charge on any atom is 0.276 e. The maximum atomic E-state index is 12.8. The quantitative estimate of drug-likeness (QED) is 0.676. The van der Waals surface area contributed by atoms with Crippen LogP contribution in [-0.4, -0.2) is 38.9 Å². The first-order valence-electron chi connectivity index (χ1n) is 9.18. The number of halogens is 1. The van der Waals surface area contributed by atoms with E-state index in [0.717, 1.165) is 23.4 Å². The van der Waals surface area contributed by atoms with Gasteiger partial charge in [0.25, 0.3) is 5.91 Å². The second-order valence-electron chi connectivity index (χ2n) is 6.86. The second kappa shape index (κ2) is 7.92. The molecule has 1 atom stereocenters. The lowest BCUT2D eigenvalue weighted by Gasteiger charge is -2.15. The van der Waals surface area contributed by atoms with Gasteiger partial charge in [0.2, 0.25) is 0 Å². The van der Waals surface area contributed by atoms with E-state index in [9.17, 15) is 4.79 Å². The molecule has 1 aromatic heterocycles. The highest BCUT2D eigenvalue weighted by Crippen LogP contribution is 2.32. The summed E-state index contributed by atoms with van der Waals surface area (Å²) in [4.78, 5) is 14.6. The topological polar surface area (TPSA) is 51.0 Å². The predicted molar refractivity (Wildman–Crippen MR) is 105 cm³/mol. The number of rotatable bonds is 5. The molecule has 1 aliphatic rings. The van der Waals surface area contributed by atoms with Gasteiger partial charge in [-0.3, -0.25) is 9.48 Å². The van der Waals surface area contributed by atoms with E-state index in [2.05, 4.69) is 22.4 Å². The molecule has 6 heteroatoms. The van der Waals surface area contributed by atoms with E-state index in [4.69, 9.17) is 11.6 Å². The van der Waals surface area contributed by atoms with Gasteiger partial charge in [-0.1, -0.05) is 65.3 Å². The highest BCUT2D eigenvalue weighted by molar-refractivity contribution is 6.31. The lowest BCUT2D eigenvalue weighted by atomic mass is 9.98. The molecule has 1 amide bonds. The molecule has 0 saturated carbocycles. The Hall–Kier alpha value is -2.66. The molecular formula is C21H21ClN4O. The first-order chi connectivity index (χ1) is 13.2. The fraction of sp³-hybridized carbons (Fsp3) is 0.286. The van der Waals surface area contributed by atoms with Crippen molar-refractivity contribution in [2.75, 3.05) is 13.1 Å². The van der Waals surface area contributed by atoms with E-state index in [1.165, 1.54) is 5.56 Å². The van der Waals surface area contributed by atoms with Gasteiger partial charge in [-0.2, -0.15) is 0 Å². The minimum Gasteiger partial charge on any atom is -0.337 e. The van der Waals surface area contributed by atoms with E-state index in [1.54, 1.807) is 10.9 Å². The van der Waals surface area contributed by atoms with Crippen molar-refractivity contribution in [2.45, 2.75) is 25.3 Å². The summed E-state index contributed by atoms with van der Waals surface area (Å²) in [5.74, 6) is 0.214. The van der Waals surface area contributed by atoms with E-state index in [-0.39, 0.29) is 11.8 Å². The molecule has 5 nitrogen and oxygen atoms in total. The minimum atomic E-state index is -0.0597. The number of likely N-dealkylation sites (tertiary alicyclic amines) is 1. The van der Waals surface area contributed by atoms with Crippen LogP contribution in [0.2, 0.25) is 5.02 Å². The minimum absolute atomic E-state index is 0.0597. The van der Waals surface area contributed by atoms with Crippen molar-refractivity contribution in [3.63, 3.8) is 0 Å². The first kappa shape index (κ1) is 17.7. The van der Waals surface area contributed by atoms with Crippen LogP contribution < -0.4 is 0 Å². The van der Waals surface area contributed by atoms with Crippen molar-refractivity contribution in [1.82, 2.24) is 19.9 Å². The summed E-state index contributed by atoms with van der Waals surface area (Å²) in [7, 11) is 0. The molecule has 1 aliphatic heterocycles. The predicted octanol–water partition coefficient (Wildman–Crippen LogP) is 3.80. The number of nitrogens with zero attached hydrogens (tertiary/aromatic N) is 4. The fourth-order valence-corrected chi connectivity index (χ4v) is 3.85. The SMILES string of the molecule is O=C(c1cn(CCc2ccccc2)nn1)N1CC[C@H](c2ccccc2Cl)C1. The third-order valence-corrected chi connectivity index (χ3v) is 5.39. The van der Waals surface area contributed by atoms with Gasteiger partial charge in [-0.25, -0.2) is 0 Å². The van der Waals surface area contributed by atoms with Crippen molar-refractivity contribution < 1.29 is 4.79 Å². The zero-order valence-electron chi connectivity index (χ0n) is 15.0. The van der Waals surface area contributed by atoms with Crippen LogP contribution in [0.5, 0.6) is 0 Å². The Morgan fingerprint density at radius 3 is 2.70 bits per heavy atom. The summed E-state index contributed by atoms with van der Waals surface area (Å²) < 4.78 is 1.74. The number of hydrogen-bond donors (Lipinski definition) is 0. The highest BCUT2D eigenvalue weighted by Gasteiger charge is 2.30. The zero-order chi connectivity index (χ0) is 18.6. The number of benzene rings is 2. The molecule has 1 saturated heterocycles. The summed E-state index contributed by atoms with van der Waals surface area (Å²) in [6.07, 6.45) is 3.52. The number of amides is 1. The number of aryl methyl sites for hydroxylation is 2. The smallest absolute Gasteiger partial charge is 0.276 e. The maximum absolute atomic E-state index is 12.8. The zero-order valence-corrected chi connectivity index (χ0v) is 15.7. The molecule has 0 aliphatic carbocycles. The number of aromatic nitrogens is 3. The van der Waals surface area contributed by atoms with Gasteiger partial charge < -0.3 is 4.90 Å². The van der Waals surface area contributed by atoms with Gasteiger partial charge in [0.1, 0.15) is 0 Å². The van der Waals surface area contributed by atoms with Gasteiger partial charge in [0, 0.05) is 30.6 Å². The van der Waals surface area contributed by atoms with Crippen molar-refractivity contribution >= 4 is 17.5 Å². The van der Waals surface area contributed by atoms with Crippen molar-refractivity contribution in [3.05, 3.63) is 82.6 Å². The molecule has 2 heterocycles. The number of carbonyl (C=O) groups excluding carboxylic acids is 1. The van der Waals surface area contributed by atoms with Crippen LogP contribution in [0, 0.1) is 0 Å². The molecule has 0 radical (unpaired) electrons. The second-order valence-corrected chi connectivity index (χ2v) is 7.27. The molecule has 4 rings (SSSR count). The third-order valence-electron chi connectivity index (χ3n) is 5.05. The molecule has 0 N–H and O–H groups in total. The van der Waals surface area contributed by atoms with Crippen molar-refractivity contribution in [2.24, 2.45) is 0 Å². The van der Waals surface area contributed by atoms with Gasteiger partial charge in [-0.15, -0.1) is 5.10 Å². The molecule has 2 aromatic carbocycles. The normalized spacial score (nSPS) is 16.6. The highest BCUT2D eigenvalue weighted by atomic mass is 35.5. The molecule has 138 valence electrons. The van der Waals surface area contributed by atoms with Crippen LogP contribution >= 0.6 is 11.6 Å². The number of carbonyl (C=O) groups is 1. The Bertz CT molecular complexity index is 925. The lowest BCUT2D eigenvalue weighted by Crippen LogP contribution is -2.28. The average molecular weight is 381 g/mol. The van der Waals surface area contributed by atoms with Gasteiger partial charge in [-0.05, 0) is 30.0 Å². The Morgan fingerprint density at radius 2 is 1.89 bits per heavy atom. The molecule has 3 aromatic rings. The van der Waals surface area contributed by atoms with Crippen molar-refractivity contribution in [3.8, 4) is 0 Å². The summed E-state index contributed by atoms with van der Waals surface area (Å²) in [6.45, 7) is 2.08. The lowest BCUT2D eigenvalue weighted by molar-refractivity contribution is 0.0785. The fourth-order valence-electron chi connectivity index (χ4n) is 3.56. The van der Waals surface area contributed by atoms with Crippen LogP contribution in [0.1, 0.15) is 34.0 Å². The van der Waals surface area contributed by atoms with Crippen LogP contribution in [0.25, 0.3) is 0 Å². The van der Waals surface area contributed by atoms with E-state index in [1.807, 2.05) is 47.4 Å². The number of hydrogen-bond acceptors (Lipinski definition) is 3. The third kappa shape index (κ3) is 4.03. The average Bonchev–Trinajstić information content (AvgIpc) is 3.37. The summed E-state index contributed by atoms with van der Waals surface area (Å²) >= 11 is 6.31. The van der Waals surface area contributed by atoms with Crippen LogP contribution in [0.4, 0.5) is 0 Å². The van der Waals surface area contributed by atoms with Crippen LogP contribution in [0.15, 0.2) is 60.8 Å². The van der Waals surface area contributed by atoms with E-state index < -0.39 is 0 Å². The Kier molecular flexibility index (Phi) is 5.21. The molecular weight excluding hydrogens is 360 g/mol. The Morgan fingerprint density at radius 1 is 1.11 bits per heavy atom. The molecule has 0 bridgehead atoms. The van der Waals surface area contributed by atoms with Crippen LogP contribution in [0.3, 0.4) is 0 Å². The van der Waals surface area contributed by atoms with E-state index >= 15 is 0 Å². The monoisotopic (exact) mass is 380 g/mol.